The summed E-state index contributed by atoms with van der Waals surface area (Å²) in [4.78, 5) is 0.0831. The Bertz CT molecular complexity index is 877. The maximum absolute atomic E-state index is 13.2. The summed E-state index contributed by atoms with van der Waals surface area (Å²) in [6.07, 6.45) is -4.44. The Labute approximate surface area is 175 Å². The topological polar surface area (TPSA) is 41.8 Å². The molecule has 0 saturated heterocycles. The molecule has 152 valence electrons. The summed E-state index contributed by atoms with van der Waals surface area (Å²) in [7, 11) is 1.57. The molecular weight excluding hydrogens is 455 g/mol. The fraction of sp³-hybridized carbons (Fsp3) is 0.350. The molecule has 1 N–H and O–H groups in total. The number of hydrogen-bond acceptors (Lipinski definition) is 4. The van der Waals surface area contributed by atoms with Crippen molar-refractivity contribution >= 4 is 33.4 Å². The number of halogens is 4. The molecule has 0 aliphatic rings. The molecule has 0 aromatic heterocycles. The summed E-state index contributed by atoms with van der Waals surface area (Å²) >= 11 is 4.44. The number of methoxy groups -OCH3 is 1. The zero-order valence-electron chi connectivity index (χ0n) is 15.9. The van der Waals surface area contributed by atoms with Gasteiger partial charge in [0.2, 0.25) is 0 Å². The second-order valence-corrected chi connectivity index (χ2v) is 8.99. The molecule has 0 aliphatic heterocycles. The molecule has 0 fully saturated rings. The molecule has 0 amide bonds. The number of rotatable bonds is 5. The van der Waals surface area contributed by atoms with Gasteiger partial charge in [-0.15, -0.1) is 11.8 Å². The minimum atomic E-state index is -4.44. The normalized spacial score (nSPS) is 12.9. The SMILES string of the molecule is COc1c(Br)cc(/C(CSc2ccccc2C(F)(F)F)=N/O)cc1C(C)(C)C. The zero-order valence-corrected chi connectivity index (χ0v) is 18.3. The van der Waals surface area contributed by atoms with E-state index in [1.807, 2.05) is 26.8 Å². The minimum absolute atomic E-state index is 0.0753. The first-order valence-corrected chi connectivity index (χ1v) is 10.1. The van der Waals surface area contributed by atoms with Crippen LogP contribution in [0.3, 0.4) is 0 Å². The molecule has 0 atom stereocenters. The molecular formula is C20H21BrF3NO2S. The van der Waals surface area contributed by atoms with E-state index in [2.05, 4.69) is 21.1 Å². The van der Waals surface area contributed by atoms with Crippen molar-refractivity contribution in [3.63, 3.8) is 0 Å². The first-order chi connectivity index (χ1) is 13.0. The number of hydrogen-bond donors (Lipinski definition) is 1. The Morgan fingerprint density at radius 2 is 1.79 bits per heavy atom. The van der Waals surface area contributed by atoms with Crippen molar-refractivity contribution in [2.24, 2.45) is 5.16 Å². The average molecular weight is 476 g/mol. The molecule has 0 saturated carbocycles. The number of oxime groups is 1. The van der Waals surface area contributed by atoms with Gasteiger partial charge >= 0.3 is 6.18 Å². The van der Waals surface area contributed by atoms with E-state index in [0.717, 1.165) is 23.4 Å². The quantitative estimate of drug-likeness (QED) is 0.225. The molecule has 28 heavy (non-hydrogen) atoms. The number of thioether (sulfide) groups is 1. The molecule has 2 rings (SSSR count). The van der Waals surface area contributed by atoms with Gasteiger partial charge < -0.3 is 9.94 Å². The largest absolute Gasteiger partial charge is 0.495 e. The lowest BCUT2D eigenvalue weighted by atomic mass is 9.85. The average Bonchev–Trinajstić information content (AvgIpc) is 2.60. The van der Waals surface area contributed by atoms with Crippen molar-refractivity contribution < 1.29 is 23.1 Å². The third kappa shape index (κ3) is 5.23. The van der Waals surface area contributed by atoms with Crippen LogP contribution in [0, 0.1) is 0 Å². The third-order valence-electron chi connectivity index (χ3n) is 4.07. The van der Waals surface area contributed by atoms with Crippen LogP contribution in [-0.4, -0.2) is 23.8 Å². The van der Waals surface area contributed by atoms with E-state index in [1.54, 1.807) is 19.2 Å². The van der Waals surface area contributed by atoms with Gasteiger partial charge in [0.25, 0.3) is 0 Å². The number of ether oxygens (including phenoxy) is 1. The van der Waals surface area contributed by atoms with Gasteiger partial charge in [0, 0.05) is 21.8 Å². The molecule has 8 heteroatoms. The van der Waals surface area contributed by atoms with E-state index < -0.39 is 11.7 Å². The predicted molar refractivity (Wildman–Crippen MR) is 110 cm³/mol. The highest BCUT2D eigenvalue weighted by molar-refractivity contribution is 9.10. The van der Waals surface area contributed by atoms with Crippen LogP contribution in [0.4, 0.5) is 13.2 Å². The smallest absolute Gasteiger partial charge is 0.417 e. The van der Waals surface area contributed by atoms with Gasteiger partial charge in [0.05, 0.1) is 22.9 Å². The maximum atomic E-state index is 13.2. The fourth-order valence-electron chi connectivity index (χ4n) is 2.67. The summed E-state index contributed by atoms with van der Waals surface area (Å²) in [5.41, 5.74) is 0.818. The van der Waals surface area contributed by atoms with Crippen molar-refractivity contribution in [3.8, 4) is 5.75 Å². The summed E-state index contributed by atoms with van der Waals surface area (Å²) in [6.45, 7) is 6.06. The van der Waals surface area contributed by atoms with Crippen molar-refractivity contribution in [1.82, 2.24) is 0 Å². The van der Waals surface area contributed by atoms with Gasteiger partial charge in [-0.05, 0) is 45.6 Å². The number of benzene rings is 2. The molecule has 0 aliphatic carbocycles. The molecule has 0 radical (unpaired) electrons. The summed E-state index contributed by atoms with van der Waals surface area (Å²) in [5, 5.41) is 12.8. The molecule has 2 aromatic carbocycles. The number of nitrogens with zero attached hydrogens (tertiary/aromatic N) is 1. The first-order valence-electron chi connectivity index (χ1n) is 8.37. The van der Waals surface area contributed by atoms with Crippen LogP contribution in [0.5, 0.6) is 5.75 Å². The number of alkyl halides is 3. The van der Waals surface area contributed by atoms with E-state index in [9.17, 15) is 18.4 Å². The molecule has 0 unspecified atom stereocenters. The van der Waals surface area contributed by atoms with Crippen LogP contribution >= 0.6 is 27.7 Å². The minimum Gasteiger partial charge on any atom is -0.495 e. The van der Waals surface area contributed by atoms with Crippen LogP contribution < -0.4 is 4.74 Å². The lowest BCUT2D eigenvalue weighted by molar-refractivity contribution is -0.139. The van der Waals surface area contributed by atoms with Crippen molar-refractivity contribution in [2.45, 2.75) is 37.3 Å². The molecule has 2 aromatic rings. The Hall–Kier alpha value is -1.67. The van der Waals surface area contributed by atoms with Gasteiger partial charge in [0.1, 0.15) is 5.75 Å². The van der Waals surface area contributed by atoms with Crippen molar-refractivity contribution in [1.29, 1.82) is 0 Å². The summed E-state index contributed by atoms with van der Waals surface area (Å²) in [6, 6.07) is 8.93. The van der Waals surface area contributed by atoms with E-state index in [0.29, 0.717) is 15.8 Å². The van der Waals surface area contributed by atoms with E-state index in [-0.39, 0.29) is 21.8 Å². The van der Waals surface area contributed by atoms with Crippen LogP contribution in [0.15, 0.2) is 50.9 Å². The monoisotopic (exact) mass is 475 g/mol. The van der Waals surface area contributed by atoms with Gasteiger partial charge in [-0.1, -0.05) is 38.1 Å². The van der Waals surface area contributed by atoms with Crippen LogP contribution in [0.25, 0.3) is 0 Å². The van der Waals surface area contributed by atoms with Crippen LogP contribution in [0.2, 0.25) is 0 Å². The Morgan fingerprint density at radius 3 is 2.32 bits per heavy atom. The van der Waals surface area contributed by atoms with Gasteiger partial charge in [-0.25, -0.2) is 0 Å². The molecule has 3 nitrogen and oxygen atoms in total. The third-order valence-corrected chi connectivity index (χ3v) is 5.74. The molecule has 0 spiro atoms. The van der Waals surface area contributed by atoms with Crippen LogP contribution in [0.1, 0.15) is 37.5 Å². The zero-order chi connectivity index (χ0) is 21.1. The summed E-state index contributed by atoms with van der Waals surface area (Å²) in [5.74, 6) is 0.745. The molecule has 0 bridgehead atoms. The summed E-state index contributed by atoms with van der Waals surface area (Å²) < 4.78 is 45.7. The van der Waals surface area contributed by atoms with Gasteiger partial charge in [0.15, 0.2) is 0 Å². The lowest BCUT2D eigenvalue weighted by Crippen LogP contribution is -2.16. The second kappa shape index (κ2) is 8.78. The highest BCUT2D eigenvalue weighted by Gasteiger charge is 2.33. The first kappa shape index (κ1) is 22.6. The van der Waals surface area contributed by atoms with E-state index >= 15 is 0 Å². The highest BCUT2D eigenvalue weighted by atomic mass is 79.9. The van der Waals surface area contributed by atoms with Crippen molar-refractivity contribution in [3.05, 3.63) is 57.6 Å². The second-order valence-electron chi connectivity index (χ2n) is 7.12. The molecule has 0 heterocycles. The standard InChI is InChI=1S/C20H21BrF3NO2S/c1-19(2,3)14-9-12(10-15(21)18(14)27-4)16(25-26)11-28-17-8-6-5-7-13(17)20(22,23)24/h5-10,26H,11H2,1-4H3/b25-16+. The van der Waals surface area contributed by atoms with Gasteiger partial charge in [-0.2, -0.15) is 13.2 Å². The predicted octanol–water partition coefficient (Wildman–Crippen LogP) is 6.74. The van der Waals surface area contributed by atoms with E-state index in [4.69, 9.17) is 4.74 Å². The van der Waals surface area contributed by atoms with E-state index in [1.165, 1.54) is 12.1 Å². The fourth-order valence-corrected chi connectivity index (χ4v) is 4.32. The Balaban J connectivity index is 2.37. The highest BCUT2D eigenvalue weighted by Crippen LogP contribution is 2.39. The van der Waals surface area contributed by atoms with Crippen molar-refractivity contribution in [2.75, 3.05) is 12.9 Å². The Morgan fingerprint density at radius 1 is 1.14 bits per heavy atom. The maximum Gasteiger partial charge on any atom is 0.417 e. The van der Waals surface area contributed by atoms with Gasteiger partial charge in [-0.3, -0.25) is 0 Å². The lowest BCUT2D eigenvalue weighted by Gasteiger charge is -2.24. The van der Waals surface area contributed by atoms with Crippen LogP contribution in [-0.2, 0) is 11.6 Å². The Kier molecular flexibility index (Phi) is 7.09.